The van der Waals surface area contributed by atoms with Gasteiger partial charge in [-0.1, -0.05) is 41.4 Å². The van der Waals surface area contributed by atoms with Crippen molar-refractivity contribution in [2.45, 2.75) is 25.8 Å². The van der Waals surface area contributed by atoms with Crippen LogP contribution in [0.5, 0.6) is 11.5 Å². The lowest BCUT2D eigenvalue weighted by atomic mass is 9.98. The average molecular weight is 461 g/mol. The fraction of sp³-hybridized carbons (Fsp3) is 0.222. The van der Waals surface area contributed by atoms with Crippen molar-refractivity contribution in [3.05, 3.63) is 94.1 Å². The van der Waals surface area contributed by atoms with Gasteiger partial charge < -0.3 is 14.5 Å². The first kappa shape index (κ1) is 21.4. The van der Waals surface area contributed by atoms with Crippen LogP contribution in [-0.2, 0) is 6.42 Å². The van der Waals surface area contributed by atoms with E-state index in [0.717, 1.165) is 46.3 Å². The molecule has 0 saturated heterocycles. The smallest absolute Gasteiger partial charge is 0.416 e. The molecule has 33 heavy (non-hydrogen) atoms. The second-order valence-electron chi connectivity index (χ2n) is 8.36. The minimum absolute atomic E-state index is 0.322. The molecule has 0 unspecified atom stereocenters. The molecule has 1 atom stereocenters. The van der Waals surface area contributed by atoms with Crippen molar-refractivity contribution in [2.75, 3.05) is 13.7 Å². The average Bonchev–Trinajstić information content (AvgIpc) is 3.05. The maximum Gasteiger partial charge on any atom is 0.416 e. The molecule has 168 valence electrons. The number of hydrogen-bond donors (Lipinski definition) is 1. The van der Waals surface area contributed by atoms with Gasteiger partial charge in [-0.05, 0) is 73.4 Å². The maximum atomic E-state index is 13.4. The predicted octanol–water partition coefficient (Wildman–Crippen LogP) is 6.67. The van der Waals surface area contributed by atoms with Crippen molar-refractivity contribution >= 4 is 28.6 Å². The van der Waals surface area contributed by atoms with Crippen LogP contribution in [0.2, 0.25) is 5.02 Å². The zero-order chi connectivity index (χ0) is 22.9. The number of methoxy groups -OCH3 is 1. The van der Waals surface area contributed by atoms with Crippen molar-refractivity contribution in [3.8, 4) is 11.5 Å². The molecule has 2 heterocycles. The number of ether oxygens (including phenoxy) is 2. The minimum atomic E-state index is -0.371. The largest absolute Gasteiger partial charge is 0.497 e. The highest BCUT2D eigenvalue weighted by molar-refractivity contribution is 6.31. The molecule has 0 radical (unpaired) electrons. The van der Waals surface area contributed by atoms with E-state index in [4.69, 9.17) is 21.1 Å². The van der Waals surface area contributed by atoms with Gasteiger partial charge in [0.2, 0.25) is 0 Å². The summed E-state index contributed by atoms with van der Waals surface area (Å²) in [6.45, 7) is 2.58. The number of amides is 1. The van der Waals surface area contributed by atoms with E-state index < -0.39 is 0 Å². The summed E-state index contributed by atoms with van der Waals surface area (Å²) in [6, 6.07) is 20.9. The molecule has 0 fully saturated rings. The number of hydrogen-bond acceptors (Lipinski definition) is 3. The lowest BCUT2D eigenvalue weighted by molar-refractivity contribution is 0.139. The molecule has 0 saturated carbocycles. The monoisotopic (exact) mass is 460 g/mol. The number of rotatable bonds is 3. The van der Waals surface area contributed by atoms with Crippen LogP contribution in [0.15, 0.2) is 66.7 Å². The van der Waals surface area contributed by atoms with Gasteiger partial charge in [0, 0.05) is 28.2 Å². The van der Waals surface area contributed by atoms with E-state index in [1.807, 2.05) is 78.6 Å². The van der Waals surface area contributed by atoms with Gasteiger partial charge in [-0.2, -0.15) is 0 Å². The number of halogens is 1. The van der Waals surface area contributed by atoms with Crippen molar-refractivity contribution < 1.29 is 14.3 Å². The number of carbonyl (C=O) groups is 1. The summed E-state index contributed by atoms with van der Waals surface area (Å²) in [5, 5.41) is 1.80. The molecule has 3 aromatic carbocycles. The summed E-state index contributed by atoms with van der Waals surface area (Å²) >= 11 is 6.31. The van der Waals surface area contributed by atoms with E-state index in [9.17, 15) is 4.79 Å². The van der Waals surface area contributed by atoms with Gasteiger partial charge in [-0.15, -0.1) is 0 Å². The van der Waals surface area contributed by atoms with Crippen LogP contribution in [-0.4, -0.2) is 29.6 Å². The van der Waals surface area contributed by atoms with Gasteiger partial charge >= 0.3 is 6.09 Å². The van der Waals surface area contributed by atoms with E-state index in [2.05, 4.69) is 4.98 Å². The number of aryl methyl sites for hydroxylation is 2. The molecule has 5 rings (SSSR count). The topological polar surface area (TPSA) is 54.6 Å². The SMILES string of the molecule is COc1ccc([C@H]2c3[nH]c4ccc(Cl)cc4c3CCCN2C(=O)Oc2ccc(C)cc2)cc1. The number of nitrogens with one attached hydrogen (secondary N) is 1. The fourth-order valence-corrected chi connectivity index (χ4v) is 4.72. The van der Waals surface area contributed by atoms with Gasteiger partial charge in [0.25, 0.3) is 0 Å². The van der Waals surface area contributed by atoms with E-state index in [1.54, 1.807) is 7.11 Å². The molecule has 1 aromatic heterocycles. The van der Waals surface area contributed by atoms with Crippen molar-refractivity contribution in [2.24, 2.45) is 0 Å². The molecule has 1 aliphatic rings. The van der Waals surface area contributed by atoms with E-state index >= 15 is 0 Å². The summed E-state index contributed by atoms with van der Waals surface area (Å²) in [4.78, 5) is 18.8. The fourth-order valence-electron chi connectivity index (χ4n) is 4.55. The van der Waals surface area contributed by atoms with Crippen molar-refractivity contribution in [1.82, 2.24) is 9.88 Å². The van der Waals surface area contributed by atoms with Crippen LogP contribution in [0.25, 0.3) is 10.9 Å². The van der Waals surface area contributed by atoms with E-state index in [1.165, 1.54) is 5.56 Å². The molecule has 4 aromatic rings. The van der Waals surface area contributed by atoms with E-state index in [0.29, 0.717) is 17.3 Å². The highest BCUT2D eigenvalue weighted by atomic mass is 35.5. The number of aromatic amines is 1. The third kappa shape index (κ3) is 4.16. The van der Waals surface area contributed by atoms with Crippen LogP contribution in [0, 0.1) is 6.92 Å². The zero-order valence-corrected chi connectivity index (χ0v) is 19.4. The number of fused-ring (bicyclic) bond motifs is 3. The van der Waals surface area contributed by atoms with Gasteiger partial charge in [-0.25, -0.2) is 4.79 Å². The van der Waals surface area contributed by atoms with Crippen LogP contribution >= 0.6 is 11.6 Å². The van der Waals surface area contributed by atoms with Crippen LogP contribution in [0.4, 0.5) is 4.79 Å². The quantitative estimate of drug-likeness (QED) is 0.371. The third-order valence-corrected chi connectivity index (χ3v) is 6.44. The molecule has 5 nitrogen and oxygen atoms in total. The van der Waals surface area contributed by atoms with Gasteiger partial charge in [0.1, 0.15) is 17.5 Å². The summed E-state index contributed by atoms with van der Waals surface area (Å²) < 4.78 is 11.1. The van der Waals surface area contributed by atoms with Crippen LogP contribution in [0.3, 0.4) is 0 Å². The second kappa shape index (κ2) is 8.83. The summed E-state index contributed by atoms with van der Waals surface area (Å²) in [5.74, 6) is 1.30. The lowest BCUT2D eigenvalue weighted by Gasteiger charge is -2.30. The van der Waals surface area contributed by atoms with E-state index in [-0.39, 0.29) is 12.1 Å². The third-order valence-electron chi connectivity index (χ3n) is 6.20. The Labute approximate surface area is 197 Å². The van der Waals surface area contributed by atoms with Crippen molar-refractivity contribution in [1.29, 1.82) is 0 Å². The van der Waals surface area contributed by atoms with Crippen LogP contribution in [0.1, 0.15) is 34.8 Å². The Morgan fingerprint density at radius 1 is 1.03 bits per heavy atom. The molecular weight excluding hydrogens is 436 g/mol. The van der Waals surface area contributed by atoms with Crippen molar-refractivity contribution in [3.63, 3.8) is 0 Å². The molecule has 0 bridgehead atoms. The Hall–Kier alpha value is -3.44. The standard InChI is InChI=1S/C27H25ClN2O3/c1-17-5-10-21(11-6-17)33-27(31)30-15-3-4-22-23-16-19(28)9-14-24(23)29-25(22)26(30)18-7-12-20(32-2)13-8-18/h5-14,16,26,29H,3-4,15H2,1-2H3/t26-/m0/s1. The Morgan fingerprint density at radius 3 is 2.48 bits per heavy atom. The predicted molar refractivity (Wildman–Crippen MR) is 130 cm³/mol. The highest BCUT2D eigenvalue weighted by Gasteiger charge is 2.34. The van der Waals surface area contributed by atoms with Gasteiger partial charge in [-0.3, -0.25) is 4.90 Å². The Bertz CT molecular complexity index is 1300. The lowest BCUT2D eigenvalue weighted by Crippen LogP contribution is -2.37. The number of carbonyl (C=O) groups excluding carboxylic acids is 1. The Kier molecular flexibility index (Phi) is 5.73. The molecule has 1 N–H and O–H groups in total. The molecule has 0 spiro atoms. The first-order chi connectivity index (χ1) is 16.0. The Balaban J connectivity index is 1.60. The first-order valence-corrected chi connectivity index (χ1v) is 11.4. The number of aromatic nitrogens is 1. The van der Waals surface area contributed by atoms with Gasteiger partial charge in [0.05, 0.1) is 7.11 Å². The molecule has 6 heteroatoms. The molecule has 1 amide bonds. The normalized spacial score (nSPS) is 15.7. The molecular formula is C27H25ClN2O3. The molecule has 1 aliphatic heterocycles. The molecule has 0 aliphatic carbocycles. The highest BCUT2D eigenvalue weighted by Crippen LogP contribution is 2.39. The summed E-state index contributed by atoms with van der Waals surface area (Å²) in [6.07, 6.45) is 1.29. The van der Waals surface area contributed by atoms with Gasteiger partial charge in [0.15, 0.2) is 0 Å². The minimum Gasteiger partial charge on any atom is -0.497 e. The zero-order valence-electron chi connectivity index (χ0n) is 18.6. The maximum absolute atomic E-state index is 13.4. The summed E-state index contributed by atoms with van der Waals surface area (Å²) in [5.41, 5.74) is 5.30. The number of H-pyrrole nitrogens is 1. The number of nitrogens with zero attached hydrogens (tertiary/aromatic N) is 1. The Morgan fingerprint density at radius 2 is 1.76 bits per heavy atom. The van der Waals surface area contributed by atoms with Crippen LogP contribution < -0.4 is 9.47 Å². The second-order valence-corrected chi connectivity index (χ2v) is 8.80. The number of benzene rings is 3. The first-order valence-electron chi connectivity index (χ1n) is 11.0. The summed E-state index contributed by atoms with van der Waals surface area (Å²) in [7, 11) is 1.64.